The molecule has 0 bridgehead atoms. The summed E-state index contributed by atoms with van der Waals surface area (Å²) < 4.78 is 10.9. The number of aliphatic hydroxyl groups is 1. The fourth-order valence-electron chi connectivity index (χ4n) is 4.04. The van der Waals surface area contributed by atoms with Crippen LogP contribution in [0.1, 0.15) is 29.7 Å². The molecule has 0 spiro atoms. The molecule has 3 aromatic rings. The van der Waals surface area contributed by atoms with E-state index in [0.29, 0.717) is 29.2 Å². The van der Waals surface area contributed by atoms with Crippen LogP contribution in [0.4, 0.5) is 0 Å². The van der Waals surface area contributed by atoms with Crippen LogP contribution in [-0.4, -0.2) is 35.4 Å². The highest BCUT2D eigenvalue weighted by atomic mass is 16.5. The van der Waals surface area contributed by atoms with Crippen molar-refractivity contribution in [3.05, 3.63) is 101 Å². The molecule has 6 heteroatoms. The van der Waals surface area contributed by atoms with Crippen LogP contribution in [0.15, 0.2) is 84.4 Å². The van der Waals surface area contributed by atoms with Gasteiger partial charge in [0.05, 0.1) is 25.3 Å². The lowest BCUT2D eigenvalue weighted by atomic mass is 9.95. The Morgan fingerprint density at radius 2 is 1.67 bits per heavy atom. The van der Waals surface area contributed by atoms with Gasteiger partial charge in [0.25, 0.3) is 11.7 Å². The summed E-state index contributed by atoms with van der Waals surface area (Å²) in [6, 6.07) is 22.7. The summed E-state index contributed by atoms with van der Waals surface area (Å²) in [5.41, 5.74) is 2.00. The SMILES string of the molecule is CCOc1cccc(/C(O)=C2\C(=O)C(=O)N(Cc3ccccc3)C2c2cccc(OC)c2)c1. The Balaban J connectivity index is 1.86. The van der Waals surface area contributed by atoms with Gasteiger partial charge >= 0.3 is 0 Å². The molecule has 1 amide bonds. The van der Waals surface area contributed by atoms with Crippen LogP contribution in [0.2, 0.25) is 0 Å². The van der Waals surface area contributed by atoms with Crippen LogP contribution in [-0.2, 0) is 16.1 Å². The normalized spacial score (nSPS) is 17.3. The largest absolute Gasteiger partial charge is 0.507 e. The minimum absolute atomic E-state index is 0.0397. The van der Waals surface area contributed by atoms with E-state index in [2.05, 4.69) is 0 Å². The fraction of sp³-hybridized carbons (Fsp3) is 0.185. The molecule has 1 aliphatic rings. The second-order valence-corrected chi connectivity index (χ2v) is 7.65. The number of hydrogen-bond donors (Lipinski definition) is 1. The van der Waals surface area contributed by atoms with Crippen molar-refractivity contribution in [3.8, 4) is 11.5 Å². The summed E-state index contributed by atoms with van der Waals surface area (Å²) in [5.74, 6) is -0.459. The summed E-state index contributed by atoms with van der Waals surface area (Å²) in [4.78, 5) is 27.8. The number of aliphatic hydroxyl groups excluding tert-OH is 1. The highest BCUT2D eigenvalue weighted by Crippen LogP contribution is 2.41. The number of hydrogen-bond acceptors (Lipinski definition) is 5. The van der Waals surface area contributed by atoms with Gasteiger partial charge in [0.15, 0.2) is 0 Å². The van der Waals surface area contributed by atoms with E-state index in [0.717, 1.165) is 5.56 Å². The number of ether oxygens (including phenoxy) is 2. The number of benzene rings is 3. The van der Waals surface area contributed by atoms with Crippen molar-refractivity contribution >= 4 is 17.4 Å². The third kappa shape index (κ3) is 4.46. The lowest BCUT2D eigenvalue weighted by Crippen LogP contribution is -2.29. The van der Waals surface area contributed by atoms with Crippen LogP contribution in [0, 0.1) is 0 Å². The van der Waals surface area contributed by atoms with E-state index in [1.165, 1.54) is 4.90 Å². The van der Waals surface area contributed by atoms with Gasteiger partial charge < -0.3 is 19.5 Å². The summed E-state index contributed by atoms with van der Waals surface area (Å²) >= 11 is 0. The molecule has 1 heterocycles. The number of likely N-dealkylation sites (tertiary alicyclic amines) is 1. The van der Waals surface area contributed by atoms with Gasteiger partial charge in [0.2, 0.25) is 0 Å². The van der Waals surface area contributed by atoms with E-state index in [9.17, 15) is 14.7 Å². The second-order valence-electron chi connectivity index (χ2n) is 7.65. The number of nitrogens with zero attached hydrogens (tertiary/aromatic N) is 1. The Kier molecular flexibility index (Phi) is 6.45. The summed E-state index contributed by atoms with van der Waals surface area (Å²) in [6.07, 6.45) is 0. The van der Waals surface area contributed by atoms with Gasteiger partial charge in [-0.2, -0.15) is 0 Å². The zero-order valence-corrected chi connectivity index (χ0v) is 18.5. The number of carbonyl (C=O) groups is 2. The van der Waals surface area contributed by atoms with Crippen molar-refractivity contribution in [2.24, 2.45) is 0 Å². The Bertz CT molecular complexity index is 1200. The van der Waals surface area contributed by atoms with Crippen molar-refractivity contribution < 1.29 is 24.2 Å². The van der Waals surface area contributed by atoms with E-state index in [-0.39, 0.29) is 17.9 Å². The van der Waals surface area contributed by atoms with Gasteiger partial charge in [-0.15, -0.1) is 0 Å². The van der Waals surface area contributed by atoms with Crippen LogP contribution in [0.3, 0.4) is 0 Å². The first kappa shape index (κ1) is 22.1. The van der Waals surface area contributed by atoms with E-state index in [4.69, 9.17) is 9.47 Å². The summed E-state index contributed by atoms with van der Waals surface area (Å²) in [5, 5.41) is 11.2. The summed E-state index contributed by atoms with van der Waals surface area (Å²) in [6.45, 7) is 2.56. The Morgan fingerprint density at radius 1 is 0.939 bits per heavy atom. The molecule has 0 aromatic heterocycles. The van der Waals surface area contributed by atoms with Crippen LogP contribution >= 0.6 is 0 Å². The van der Waals surface area contributed by atoms with Crippen molar-refractivity contribution in [2.75, 3.05) is 13.7 Å². The Labute approximate surface area is 192 Å². The first-order valence-electron chi connectivity index (χ1n) is 10.7. The van der Waals surface area contributed by atoms with Crippen molar-refractivity contribution in [1.29, 1.82) is 0 Å². The fourth-order valence-corrected chi connectivity index (χ4v) is 4.04. The van der Waals surface area contributed by atoms with Gasteiger partial charge in [-0.05, 0) is 42.3 Å². The van der Waals surface area contributed by atoms with E-state index < -0.39 is 17.7 Å². The summed E-state index contributed by atoms with van der Waals surface area (Å²) in [7, 11) is 1.55. The molecule has 1 atom stereocenters. The third-order valence-corrected chi connectivity index (χ3v) is 5.56. The zero-order chi connectivity index (χ0) is 23.4. The monoisotopic (exact) mass is 443 g/mol. The maximum absolute atomic E-state index is 13.2. The molecule has 0 aliphatic carbocycles. The number of Topliss-reactive ketones (excluding diaryl/α,β-unsaturated/α-hetero) is 1. The molecule has 3 aromatic carbocycles. The van der Waals surface area contributed by atoms with Crippen molar-refractivity contribution in [1.82, 2.24) is 4.90 Å². The predicted molar refractivity (Wildman–Crippen MR) is 125 cm³/mol. The topological polar surface area (TPSA) is 76.1 Å². The molecule has 1 aliphatic heterocycles. The molecule has 1 fully saturated rings. The third-order valence-electron chi connectivity index (χ3n) is 5.56. The van der Waals surface area contributed by atoms with E-state index in [1.807, 2.05) is 43.3 Å². The maximum atomic E-state index is 13.2. The smallest absolute Gasteiger partial charge is 0.295 e. The average molecular weight is 443 g/mol. The molecule has 1 unspecified atom stereocenters. The number of rotatable bonds is 7. The highest BCUT2D eigenvalue weighted by molar-refractivity contribution is 6.46. The quantitative estimate of drug-likeness (QED) is 0.325. The van der Waals surface area contributed by atoms with Crippen LogP contribution in [0.25, 0.3) is 5.76 Å². The first-order valence-corrected chi connectivity index (χ1v) is 10.7. The van der Waals surface area contributed by atoms with Gasteiger partial charge in [0, 0.05) is 12.1 Å². The lowest BCUT2D eigenvalue weighted by Gasteiger charge is -2.25. The van der Waals surface area contributed by atoms with Gasteiger partial charge in [0.1, 0.15) is 17.3 Å². The average Bonchev–Trinajstić information content (AvgIpc) is 3.09. The molecule has 168 valence electrons. The number of methoxy groups -OCH3 is 1. The van der Waals surface area contributed by atoms with Gasteiger partial charge in [-0.1, -0.05) is 54.6 Å². The standard InChI is InChI=1S/C27H25NO5/c1-3-33-22-14-8-12-20(16-22)25(29)23-24(19-11-7-13-21(15-19)32-2)28(27(31)26(23)30)17-18-9-5-4-6-10-18/h4-16,24,29H,3,17H2,1-2H3/b25-23+. The molecule has 0 radical (unpaired) electrons. The minimum Gasteiger partial charge on any atom is -0.507 e. The Morgan fingerprint density at radius 3 is 2.39 bits per heavy atom. The number of ketones is 1. The van der Waals surface area contributed by atoms with Gasteiger partial charge in [-0.25, -0.2) is 0 Å². The van der Waals surface area contributed by atoms with Crippen LogP contribution < -0.4 is 9.47 Å². The highest BCUT2D eigenvalue weighted by Gasteiger charge is 2.46. The number of carbonyl (C=O) groups excluding carboxylic acids is 2. The van der Waals surface area contributed by atoms with Crippen LogP contribution in [0.5, 0.6) is 11.5 Å². The molecule has 1 saturated heterocycles. The lowest BCUT2D eigenvalue weighted by molar-refractivity contribution is -0.140. The Hall–Kier alpha value is -4.06. The molecule has 1 N–H and O–H groups in total. The van der Waals surface area contributed by atoms with Crippen molar-refractivity contribution in [3.63, 3.8) is 0 Å². The first-order chi connectivity index (χ1) is 16.0. The maximum Gasteiger partial charge on any atom is 0.295 e. The minimum atomic E-state index is -0.768. The number of amides is 1. The molecular weight excluding hydrogens is 418 g/mol. The van der Waals surface area contributed by atoms with E-state index >= 15 is 0 Å². The predicted octanol–water partition coefficient (Wildman–Crippen LogP) is 4.72. The molecule has 6 nitrogen and oxygen atoms in total. The van der Waals surface area contributed by atoms with E-state index in [1.54, 1.807) is 49.6 Å². The zero-order valence-electron chi connectivity index (χ0n) is 18.5. The molecule has 0 saturated carbocycles. The molecular formula is C27H25NO5. The second kappa shape index (κ2) is 9.61. The molecule has 4 rings (SSSR count). The van der Waals surface area contributed by atoms with Gasteiger partial charge in [-0.3, -0.25) is 9.59 Å². The van der Waals surface area contributed by atoms with Crippen molar-refractivity contribution in [2.45, 2.75) is 19.5 Å². The molecule has 33 heavy (non-hydrogen) atoms.